The van der Waals surface area contributed by atoms with E-state index in [9.17, 15) is 9.90 Å². The molecule has 2 fully saturated rings. The largest absolute Gasteiger partial charge is 0.393 e. The maximum Gasteiger partial charge on any atom is 0.227 e. The van der Waals surface area contributed by atoms with Crippen LogP contribution in [0.25, 0.3) is 0 Å². The van der Waals surface area contributed by atoms with E-state index in [1.54, 1.807) is 0 Å². The number of piperidine rings is 1. The maximum absolute atomic E-state index is 12.5. The summed E-state index contributed by atoms with van der Waals surface area (Å²) in [6.45, 7) is 0. The van der Waals surface area contributed by atoms with Gasteiger partial charge in [-0.1, -0.05) is 29.8 Å². The highest BCUT2D eigenvalue weighted by molar-refractivity contribution is 6.31. The minimum atomic E-state index is -0.234. The number of rotatable bonds is 2. The van der Waals surface area contributed by atoms with Crippen LogP contribution in [0.4, 0.5) is 0 Å². The average Bonchev–Trinajstić information content (AvgIpc) is 2.65. The number of hydrogen-bond donors (Lipinski definition) is 1. The van der Waals surface area contributed by atoms with Gasteiger partial charge in [-0.05, 0) is 37.3 Å². The zero-order valence-electron chi connectivity index (χ0n) is 10.8. The molecule has 2 unspecified atom stereocenters. The molecule has 0 spiro atoms. The summed E-state index contributed by atoms with van der Waals surface area (Å²) in [5, 5.41) is 10.4. The van der Waals surface area contributed by atoms with Crippen molar-refractivity contribution in [3.8, 4) is 0 Å². The number of benzene rings is 1. The Kier molecular flexibility index (Phi) is 3.50. The molecule has 2 aliphatic rings. The summed E-state index contributed by atoms with van der Waals surface area (Å²) in [7, 11) is 0. The van der Waals surface area contributed by atoms with Gasteiger partial charge in [0.15, 0.2) is 0 Å². The van der Waals surface area contributed by atoms with Crippen molar-refractivity contribution in [1.29, 1.82) is 0 Å². The molecule has 1 aromatic carbocycles. The third-order valence-corrected chi connectivity index (χ3v) is 4.66. The smallest absolute Gasteiger partial charge is 0.227 e. The van der Waals surface area contributed by atoms with Gasteiger partial charge in [0.05, 0.1) is 12.5 Å². The second kappa shape index (κ2) is 5.14. The lowest BCUT2D eigenvalue weighted by molar-refractivity contribution is -0.136. The molecular weight excluding hydrogens is 262 g/mol. The minimum Gasteiger partial charge on any atom is -0.393 e. The van der Waals surface area contributed by atoms with E-state index >= 15 is 0 Å². The number of aliphatic hydroxyl groups is 1. The Bertz CT molecular complexity index is 477. The number of carbonyl (C=O) groups is 1. The van der Waals surface area contributed by atoms with E-state index in [4.69, 9.17) is 11.6 Å². The summed E-state index contributed by atoms with van der Waals surface area (Å²) in [6.07, 6.45) is 3.63. The molecule has 4 heteroatoms. The average molecular weight is 280 g/mol. The fraction of sp³-hybridized carbons (Fsp3) is 0.533. The van der Waals surface area contributed by atoms with Crippen LogP contribution >= 0.6 is 11.6 Å². The van der Waals surface area contributed by atoms with E-state index < -0.39 is 0 Å². The summed E-state index contributed by atoms with van der Waals surface area (Å²) < 4.78 is 0. The first-order valence-corrected chi connectivity index (χ1v) is 7.25. The number of hydrogen-bond acceptors (Lipinski definition) is 2. The van der Waals surface area contributed by atoms with Crippen LogP contribution in [0.3, 0.4) is 0 Å². The lowest BCUT2D eigenvalue weighted by atomic mass is 9.99. The summed E-state index contributed by atoms with van der Waals surface area (Å²) in [5.74, 6) is 0.146. The van der Waals surface area contributed by atoms with Crippen molar-refractivity contribution in [3.05, 3.63) is 34.9 Å². The number of amides is 1. The molecule has 3 rings (SSSR count). The highest BCUT2D eigenvalue weighted by Crippen LogP contribution is 2.36. The molecule has 2 bridgehead atoms. The molecular formula is C15H18ClNO2. The Morgan fingerprint density at radius 1 is 1.26 bits per heavy atom. The molecule has 1 amide bonds. The van der Waals surface area contributed by atoms with Crippen LogP contribution in [0, 0.1) is 0 Å². The Morgan fingerprint density at radius 2 is 1.89 bits per heavy atom. The molecule has 1 aromatic rings. The van der Waals surface area contributed by atoms with Crippen LogP contribution in [0.2, 0.25) is 5.02 Å². The molecule has 0 aliphatic carbocycles. The third kappa shape index (κ3) is 2.49. The zero-order valence-corrected chi connectivity index (χ0v) is 11.5. The quantitative estimate of drug-likeness (QED) is 0.903. The highest BCUT2D eigenvalue weighted by atomic mass is 35.5. The van der Waals surface area contributed by atoms with E-state index in [0.29, 0.717) is 11.4 Å². The van der Waals surface area contributed by atoms with E-state index in [2.05, 4.69) is 0 Å². The third-order valence-electron chi connectivity index (χ3n) is 4.30. The molecule has 2 atom stereocenters. The normalized spacial score (nSPS) is 29.6. The molecule has 0 aromatic heterocycles. The molecule has 1 N–H and O–H groups in total. The second-order valence-electron chi connectivity index (χ2n) is 5.58. The van der Waals surface area contributed by atoms with Gasteiger partial charge in [-0.2, -0.15) is 0 Å². The van der Waals surface area contributed by atoms with E-state index in [1.165, 1.54) is 0 Å². The number of nitrogens with zero attached hydrogens (tertiary/aromatic N) is 1. The van der Waals surface area contributed by atoms with Crippen LogP contribution in [-0.2, 0) is 11.2 Å². The van der Waals surface area contributed by atoms with Crippen molar-refractivity contribution >= 4 is 17.5 Å². The molecule has 19 heavy (non-hydrogen) atoms. The van der Waals surface area contributed by atoms with Gasteiger partial charge in [0, 0.05) is 17.1 Å². The minimum absolute atomic E-state index is 0.146. The van der Waals surface area contributed by atoms with E-state index in [1.807, 2.05) is 29.2 Å². The molecule has 102 valence electrons. The molecule has 0 saturated carbocycles. The fourth-order valence-corrected chi connectivity index (χ4v) is 3.65. The first-order valence-electron chi connectivity index (χ1n) is 6.88. The molecule has 2 heterocycles. The van der Waals surface area contributed by atoms with Crippen LogP contribution in [-0.4, -0.2) is 34.1 Å². The lowest BCUT2D eigenvalue weighted by Gasteiger charge is -2.37. The van der Waals surface area contributed by atoms with E-state index in [-0.39, 0.29) is 24.1 Å². The standard InChI is InChI=1S/C15H18ClNO2/c16-14-4-2-1-3-10(14)7-15(19)17-11-5-6-12(17)9-13(18)8-11/h1-4,11-13,18H,5-9H2. The van der Waals surface area contributed by atoms with Gasteiger partial charge in [0.25, 0.3) is 0 Å². The maximum atomic E-state index is 12.5. The Labute approximate surface area is 118 Å². The molecule has 2 aliphatic heterocycles. The SMILES string of the molecule is O=C(Cc1ccccc1Cl)N1C2CCC1CC(O)C2. The molecule has 0 radical (unpaired) electrons. The van der Waals surface area contributed by atoms with Crippen molar-refractivity contribution < 1.29 is 9.90 Å². The predicted molar refractivity (Wildman–Crippen MR) is 74.1 cm³/mol. The number of halogens is 1. The number of fused-ring (bicyclic) bond motifs is 2. The fourth-order valence-electron chi connectivity index (χ4n) is 3.45. The monoisotopic (exact) mass is 279 g/mol. The Morgan fingerprint density at radius 3 is 2.53 bits per heavy atom. The van der Waals surface area contributed by atoms with Crippen LogP contribution < -0.4 is 0 Å². The van der Waals surface area contributed by atoms with Gasteiger partial charge >= 0.3 is 0 Å². The lowest BCUT2D eigenvalue weighted by Crippen LogP contribution is -2.48. The van der Waals surface area contributed by atoms with Crippen molar-refractivity contribution in [2.24, 2.45) is 0 Å². The topological polar surface area (TPSA) is 40.5 Å². The van der Waals surface area contributed by atoms with Gasteiger partial charge in [-0.15, -0.1) is 0 Å². The molecule has 3 nitrogen and oxygen atoms in total. The van der Waals surface area contributed by atoms with Crippen molar-refractivity contribution in [2.75, 3.05) is 0 Å². The van der Waals surface area contributed by atoms with Gasteiger partial charge in [-0.3, -0.25) is 4.79 Å². The molecule has 2 saturated heterocycles. The van der Waals surface area contributed by atoms with Crippen LogP contribution in [0.5, 0.6) is 0 Å². The van der Waals surface area contributed by atoms with Crippen molar-refractivity contribution in [2.45, 2.75) is 50.3 Å². The first kappa shape index (κ1) is 12.9. The van der Waals surface area contributed by atoms with Gasteiger partial charge in [0.1, 0.15) is 0 Å². The Balaban J connectivity index is 1.73. The predicted octanol–water partition coefficient (Wildman–Crippen LogP) is 2.40. The van der Waals surface area contributed by atoms with Crippen molar-refractivity contribution in [1.82, 2.24) is 4.90 Å². The van der Waals surface area contributed by atoms with Gasteiger partial charge in [-0.25, -0.2) is 0 Å². The number of aliphatic hydroxyl groups excluding tert-OH is 1. The summed E-state index contributed by atoms with van der Waals surface area (Å²) in [6, 6.07) is 7.95. The van der Waals surface area contributed by atoms with Gasteiger partial charge in [0.2, 0.25) is 5.91 Å². The van der Waals surface area contributed by atoms with Gasteiger partial charge < -0.3 is 10.0 Å². The first-order chi connectivity index (χ1) is 9.15. The summed E-state index contributed by atoms with van der Waals surface area (Å²) >= 11 is 6.11. The zero-order chi connectivity index (χ0) is 13.4. The summed E-state index contributed by atoms with van der Waals surface area (Å²) in [4.78, 5) is 14.5. The summed E-state index contributed by atoms with van der Waals surface area (Å²) in [5.41, 5.74) is 0.889. The van der Waals surface area contributed by atoms with Crippen molar-refractivity contribution in [3.63, 3.8) is 0 Å². The van der Waals surface area contributed by atoms with Crippen LogP contribution in [0.1, 0.15) is 31.2 Å². The van der Waals surface area contributed by atoms with Crippen LogP contribution in [0.15, 0.2) is 24.3 Å². The second-order valence-corrected chi connectivity index (χ2v) is 5.99. The van der Waals surface area contributed by atoms with E-state index in [0.717, 1.165) is 31.2 Å². The highest BCUT2D eigenvalue weighted by Gasteiger charge is 2.42. The number of carbonyl (C=O) groups excluding carboxylic acids is 1. The Hall–Kier alpha value is -1.06.